The van der Waals surface area contributed by atoms with Gasteiger partial charge in [0.1, 0.15) is 0 Å². The standard InChI is InChI=1S/C14H24N2O3/c1-14(2)11(10-5-7-19-12(10)14)15-13(18)16-6-3-4-9(17)8-16/h9-12,17H,3-8H2,1-2H3,(H,15,18). The minimum atomic E-state index is -0.364. The van der Waals surface area contributed by atoms with E-state index in [1.807, 2.05) is 0 Å². The van der Waals surface area contributed by atoms with Crippen LogP contribution in [0.4, 0.5) is 4.79 Å². The molecule has 2 heterocycles. The summed E-state index contributed by atoms with van der Waals surface area (Å²) in [5.74, 6) is 0.466. The number of nitrogens with one attached hydrogen (secondary N) is 1. The Morgan fingerprint density at radius 1 is 1.42 bits per heavy atom. The third-order valence-corrected chi connectivity index (χ3v) is 5.06. The minimum absolute atomic E-state index is 0.0191. The maximum absolute atomic E-state index is 12.3. The summed E-state index contributed by atoms with van der Waals surface area (Å²) in [6.07, 6.45) is 2.66. The quantitative estimate of drug-likeness (QED) is 0.745. The Morgan fingerprint density at radius 2 is 2.21 bits per heavy atom. The third-order valence-electron chi connectivity index (χ3n) is 5.06. The normalized spacial score (nSPS) is 40.5. The first-order valence-corrected chi connectivity index (χ1v) is 7.35. The number of likely N-dealkylation sites (tertiary alicyclic amines) is 1. The Balaban J connectivity index is 1.60. The number of carbonyl (C=O) groups is 1. The zero-order valence-corrected chi connectivity index (χ0v) is 11.8. The minimum Gasteiger partial charge on any atom is -0.391 e. The summed E-state index contributed by atoms with van der Waals surface area (Å²) >= 11 is 0. The van der Waals surface area contributed by atoms with Crippen molar-refractivity contribution in [2.75, 3.05) is 19.7 Å². The summed E-state index contributed by atoms with van der Waals surface area (Å²) in [5.41, 5.74) is 0.0191. The number of hydrogen-bond donors (Lipinski definition) is 2. The van der Waals surface area contributed by atoms with Crippen molar-refractivity contribution in [3.63, 3.8) is 0 Å². The highest BCUT2D eigenvalue weighted by atomic mass is 16.5. The second-order valence-corrected chi connectivity index (χ2v) is 6.73. The molecular weight excluding hydrogens is 244 g/mol. The van der Waals surface area contributed by atoms with E-state index in [2.05, 4.69) is 19.2 Å². The number of fused-ring (bicyclic) bond motifs is 1. The lowest BCUT2D eigenvalue weighted by molar-refractivity contribution is -0.109. The molecule has 1 aliphatic carbocycles. The fourth-order valence-electron chi connectivity index (χ4n) is 3.98. The van der Waals surface area contributed by atoms with Gasteiger partial charge in [-0.25, -0.2) is 4.79 Å². The van der Waals surface area contributed by atoms with Crippen LogP contribution in [0.25, 0.3) is 0 Å². The van der Waals surface area contributed by atoms with Gasteiger partial charge in [0.05, 0.1) is 12.2 Å². The SMILES string of the molecule is CC1(C)C(NC(=O)N2CCCC(O)C2)C2CCOC21. The van der Waals surface area contributed by atoms with Crippen LogP contribution in [-0.2, 0) is 4.74 Å². The molecule has 2 saturated heterocycles. The van der Waals surface area contributed by atoms with E-state index in [1.165, 1.54) is 0 Å². The number of aliphatic hydroxyl groups excluding tert-OH is 1. The number of ether oxygens (including phenoxy) is 1. The molecule has 5 heteroatoms. The van der Waals surface area contributed by atoms with Gasteiger partial charge in [0, 0.05) is 37.1 Å². The van der Waals surface area contributed by atoms with Crippen molar-refractivity contribution in [3.8, 4) is 0 Å². The van der Waals surface area contributed by atoms with Crippen molar-refractivity contribution in [1.29, 1.82) is 0 Å². The molecule has 5 nitrogen and oxygen atoms in total. The topological polar surface area (TPSA) is 61.8 Å². The van der Waals surface area contributed by atoms with Crippen molar-refractivity contribution >= 4 is 6.03 Å². The first kappa shape index (κ1) is 13.2. The van der Waals surface area contributed by atoms with E-state index in [-0.39, 0.29) is 23.6 Å². The molecule has 4 atom stereocenters. The van der Waals surface area contributed by atoms with Crippen LogP contribution in [0.2, 0.25) is 0 Å². The predicted octanol–water partition coefficient (Wildman–Crippen LogP) is 0.966. The molecule has 108 valence electrons. The molecule has 1 saturated carbocycles. The zero-order chi connectivity index (χ0) is 13.6. The number of urea groups is 1. The van der Waals surface area contributed by atoms with Gasteiger partial charge in [-0.1, -0.05) is 13.8 Å². The van der Waals surface area contributed by atoms with E-state index in [1.54, 1.807) is 4.90 Å². The van der Waals surface area contributed by atoms with Crippen LogP contribution >= 0.6 is 0 Å². The van der Waals surface area contributed by atoms with Crippen molar-refractivity contribution in [1.82, 2.24) is 10.2 Å². The summed E-state index contributed by atoms with van der Waals surface area (Å²) in [5, 5.41) is 12.8. The molecule has 0 aromatic rings. The first-order valence-electron chi connectivity index (χ1n) is 7.35. The van der Waals surface area contributed by atoms with Crippen LogP contribution in [0.15, 0.2) is 0 Å². The Kier molecular flexibility index (Phi) is 3.21. The fourth-order valence-corrected chi connectivity index (χ4v) is 3.98. The highest BCUT2D eigenvalue weighted by Gasteiger charge is 2.60. The Labute approximate surface area is 114 Å². The van der Waals surface area contributed by atoms with Gasteiger partial charge in [0.2, 0.25) is 0 Å². The van der Waals surface area contributed by atoms with E-state index in [0.717, 1.165) is 32.4 Å². The molecule has 0 bridgehead atoms. The average molecular weight is 268 g/mol. The monoisotopic (exact) mass is 268 g/mol. The Hall–Kier alpha value is -0.810. The largest absolute Gasteiger partial charge is 0.391 e. The Morgan fingerprint density at radius 3 is 2.95 bits per heavy atom. The van der Waals surface area contributed by atoms with Crippen LogP contribution in [0.3, 0.4) is 0 Å². The van der Waals surface area contributed by atoms with Gasteiger partial charge in [0.25, 0.3) is 0 Å². The summed E-state index contributed by atoms with van der Waals surface area (Å²) < 4.78 is 5.74. The molecule has 4 unspecified atom stereocenters. The number of carbonyl (C=O) groups excluding carboxylic acids is 1. The van der Waals surface area contributed by atoms with Gasteiger partial charge >= 0.3 is 6.03 Å². The molecule has 3 rings (SSSR count). The van der Waals surface area contributed by atoms with Gasteiger partial charge in [-0.05, 0) is 19.3 Å². The van der Waals surface area contributed by atoms with Crippen molar-refractivity contribution in [3.05, 3.63) is 0 Å². The Bertz CT molecular complexity index is 372. The third kappa shape index (κ3) is 2.13. The van der Waals surface area contributed by atoms with Gasteiger partial charge in [-0.3, -0.25) is 0 Å². The number of amides is 2. The number of rotatable bonds is 1. The smallest absolute Gasteiger partial charge is 0.317 e. The van der Waals surface area contributed by atoms with E-state index in [4.69, 9.17) is 4.74 Å². The van der Waals surface area contributed by atoms with Crippen LogP contribution in [0.5, 0.6) is 0 Å². The summed E-state index contributed by atoms with van der Waals surface area (Å²) in [4.78, 5) is 14.0. The van der Waals surface area contributed by atoms with Crippen LogP contribution in [-0.4, -0.2) is 54.0 Å². The molecule has 0 aromatic carbocycles. The lowest BCUT2D eigenvalue weighted by Crippen LogP contribution is -2.68. The molecular formula is C14H24N2O3. The molecule has 2 N–H and O–H groups in total. The van der Waals surface area contributed by atoms with Gasteiger partial charge in [-0.15, -0.1) is 0 Å². The van der Waals surface area contributed by atoms with Crippen LogP contribution < -0.4 is 5.32 Å². The zero-order valence-electron chi connectivity index (χ0n) is 11.8. The molecule has 3 fully saturated rings. The van der Waals surface area contributed by atoms with Crippen molar-refractivity contribution < 1.29 is 14.6 Å². The number of nitrogens with zero attached hydrogens (tertiary/aromatic N) is 1. The summed E-state index contributed by atoms with van der Waals surface area (Å²) in [7, 11) is 0. The molecule has 3 aliphatic rings. The molecule has 2 aliphatic heterocycles. The molecule has 0 radical (unpaired) electrons. The lowest BCUT2D eigenvalue weighted by Gasteiger charge is -2.54. The molecule has 0 aromatic heterocycles. The van der Waals surface area contributed by atoms with Crippen molar-refractivity contribution in [2.24, 2.45) is 11.3 Å². The second-order valence-electron chi connectivity index (χ2n) is 6.73. The molecule has 2 amide bonds. The highest BCUT2D eigenvalue weighted by molar-refractivity contribution is 5.75. The predicted molar refractivity (Wildman–Crippen MR) is 70.8 cm³/mol. The number of aliphatic hydroxyl groups is 1. The number of β-amino-alcohol motifs (C(OH)–C–C–N with tert-alkyl or cyclic N) is 1. The second kappa shape index (κ2) is 4.63. The van der Waals surface area contributed by atoms with Crippen LogP contribution in [0.1, 0.15) is 33.1 Å². The summed E-state index contributed by atoms with van der Waals surface area (Å²) in [6, 6.07) is 0.175. The number of hydrogen-bond acceptors (Lipinski definition) is 3. The van der Waals surface area contributed by atoms with Gasteiger partial charge in [-0.2, -0.15) is 0 Å². The van der Waals surface area contributed by atoms with E-state index >= 15 is 0 Å². The average Bonchev–Trinajstić information content (AvgIpc) is 2.82. The van der Waals surface area contributed by atoms with E-state index in [0.29, 0.717) is 18.6 Å². The number of piperidine rings is 1. The lowest BCUT2D eigenvalue weighted by atomic mass is 9.57. The fraction of sp³-hybridized carbons (Fsp3) is 0.929. The van der Waals surface area contributed by atoms with E-state index < -0.39 is 0 Å². The summed E-state index contributed by atoms with van der Waals surface area (Å²) in [6.45, 7) is 6.35. The maximum Gasteiger partial charge on any atom is 0.317 e. The van der Waals surface area contributed by atoms with Gasteiger partial charge in [0.15, 0.2) is 0 Å². The molecule has 0 spiro atoms. The van der Waals surface area contributed by atoms with E-state index in [9.17, 15) is 9.90 Å². The maximum atomic E-state index is 12.3. The van der Waals surface area contributed by atoms with Crippen molar-refractivity contribution in [2.45, 2.75) is 51.4 Å². The first-order chi connectivity index (χ1) is 9.00. The van der Waals surface area contributed by atoms with Crippen LogP contribution in [0, 0.1) is 11.3 Å². The molecule has 19 heavy (non-hydrogen) atoms. The highest BCUT2D eigenvalue weighted by Crippen LogP contribution is 2.52. The van der Waals surface area contributed by atoms with Gasteiger partial charge < -0.3 is 20.1 Å².